The van der Waals surface area contributed by atoms with E-state index in [9.17, 15) is 18.0 Å². The van der Waals surface area contributed by atoms with Crippen molar-refractivity contribution in [2.75, 3.05) is 5.32 Å². The molecule has 0 saturated carbocycles. The van der Waals surface area contributed by atoms with Gasteiger partial charge in [0.1, 0.15) is 11.5 Å². The molecule has 10 heteroatoms. The van der Waals surface area contributed by atoms with Gasteiger partial charge < -0.3 is 10.1 Å². The second-order valence-electron chi connectivity index (χ2n) is 6.98. The Morgan fingerprint density at radius 1 is 1.03 bits per heavy atom. The van der Waals surface area contributed by atoms with Crippen molar-refractivity contribution >= 4 is 23.2 Å². The molecular formula is C23H16ClF3N4O2. The molecule has 0 aliphatic rings. The van der Waals surface area contributed by atoms with E-state index < -0.39 is 17.6 Å². The van der Waals surface area contributed by atoms with E-state index in [1.54, 1.807) is 31.2 Å². The van der Waals surface area contributed by atoms with Crippen LogP contribution in [-0.2, 0) is 6.18 Å². The van der Waals surface area contributed by atoms with Crippen LogP contribution in [0.3, 0.4) is 0 Å². The summed E-state index contributed by atoms with van der Waals surface area (Å²) in [5.41, 5.74) is 0.0865. The van der Waals surface area contributed by atoms with Crippen LogP contribution >= 0.6 is 11.6 Å². The van der Waals surface area contributed by atoms with Crippen molar-refractivity contribution < 1.29 is 22.7 Å². The van der Waals surface area contributed by atoms with Crippen LogP contribution in [-0.4, -0.2) is 20.7 Å². The fourth-order valence-corrected chi connectivity index (χ4v) is 3.29. The van der Waals surface area contributed by atoms with Crippen molar-refractivity contribution in [2.45, 2.75) is 13.1 Å². The number of para-hydroxylation sites is 1. The molecule has 0 bridgehead atoms. The first-order valence-electron chi connectivity index (χ1n) is 9.64. The predicted octanol–water partition coefficient (Wildman–Crippen LogP) is 6.29. The highest BCUT2D eigenvalue weighted by Gasteiger charge is 2.32. The van der Waals surface area contributed by atoms with E-state index in [0.717, 1.165) is 6.07 Å². The molecule has 0 unspecified atom stereocenters. The lowest BCUT2D eigenvalue weighted by Crippen LogP contribution is -2.13. The van der Waals surface area contributed by atoms with E-state index in [1.807, 2.05) is 30.3 Å². The summed E-state index contributed by atoms with van der Waals surface area (Å²) >= 11 is 6.01. The normalized spacial score (nSPS) is 11.3. The fraction of sp³-hybridized carbons (Fsp3) is 0.0870. The number of pyridine rings is 1. The number of carbonyl (C=O) groups excluding carboxylic acids is 1. The number of hydrogen-bond acceptors (Lipinski definition) is 4. The van der Waals surface area contributed by atoms with E-state index in [4.69, 9.17) is 16.3 Å². The molecule has 4 rings (SSSR count). The summed E-state index contributed by atoms with van der Waals surface area (Å²) in [7, 11) is 0. The monoisotopic (exact) mass is 472 g/mol. The first kappa shape index (κ1) is 22.3. The lowest BCUT2D eigenvalue weighted by Gasteiger charge is -2.11. The van der Waals surface area contributed by atoms with Crippen LogP contribution in [0.2, 0.25) is 5.02 Å². The number of nitrogens with zero attached hydrogens (tertiary/aromatic N) is 3. The quantitative estimate of drug-likeness (QED) is 0.370. The molecule has 2 aromatic carbocycles. The van der Waals surface area contributed by atoms with Gasteiger partial charge in [0.05, 0.1) is 28.0 Å². The molecular weight excluding hydrogens is 457 g/mol. The Morgan fingerprint density at radius 3 is 2.45 bits per heavy atom. The molecule has 0 aliphatic carbocycles. The predicted molar refractivity (Wildman–Crippen MR) is 117 cm³/mol. The number of ether oxygens (including phenoxy) is 1. The highest BCUT2D eigenvalue weighted by Crippen LogP contribution is 2.32. The Balaban J connectivity index is 1.54. The van der Waals surface area contributed by atoms with Gasteiger partial charge in [0, 0.05) is 18.0 Å². The number of benzene rings is 2. The molecule has 0 spiro atoms. The number of alkyl halides is 3. The van der Waals surface area contributed by atoms with E-state index in [1.165, 1.54) is 10.9 Å². The number of aromatic nitrogens is 3. The first-order valence-corrected chi connectivity index (χ1v) is 10.0. The molecule has 2 heterocycles. The molecule has 0 radical (unpaired) electrons. The number of nitrogens with one attached hydrogen (secondary N) is 1. The number of amides is 1. The molecule has 0 aliphatic heterocycles. The van der Waals surface area contributed by atoms with Gasteiger partial charge in [-0.15, -0.1) is 0 Å². The van der Waals surface area contributed by atoms with Crippen molar-refractivity contribution in [1.82, 2.24) is 14.8 Å². The van der Waals surface area contributed by atoms with Gasteiger partial charge in [-0.2, -0.15) is 18.3 Å². The number of anilines is 1. The Hall–Kier alpha value is -3.85. The van der Waals surface area contributed by atoms with E-state index in [-0.39, 0.29) is 16.4 Å². The fourth-order valence-electron chi connectivity index (χ4n) is 3.05. The van der Waals surface area contributed by atoms with Crippen molar-refractivity contribution in [3.05, 3.63) is 94.9 Å². The molecule has 1 amide bonds. The van der Waals surface area contributed by atoms with Gasteiger partial charge in [0.2, 0.25) is 0 Å². The Bertz CT molecular complexity index is 1310. The Morgan fingerprint density at radius 2 is 1.76 bits per heavy atom. The minimum absolute atomic E-state index is 0.0144. The molecule has 0 atom stereocenters. The lowest BCUT2D eigenvalue weighted by molar-refractivity contribution is -0.137. The van der Waals surface area contributed by atoms with Crippen molar-refractivity contribution in [1.29, 1.82) is 0 Å². The van der Waals surface area contributed by atoms with Crippen LogP contribution in [0.1, 0.15) is 21.6 Å². The zero-order valence-corrected chi connectivity index (χ0v) is 17.9. The smallest absolute Gasteiger partial charge is 0.417 e. The highest BCUT2D eigenvalue weighted by atomic mass is 35.5. The van der Waals surface area contributed by atoms with Crippen LogP contribution in [0.5, 0.6) is 11.5 Å². The molecule has 33 heavy (non-hydrogen) atoms. The maximum absolute atomic E-state index is 12.9. The molecule has 0 saturated heterocycles. The third kappa shape index (κ3) is 4.98. The zero-order valence-electron chi connectivity index (χ0n) is 17.1. The largest absolute Gasteiger partial charge is 0.457 e. The second kappa shape index (κ2) is 8.95. The standard InChI is InChI=1S/C23H16ClF3N4O2/c1-14-19(13-29-31(14)21-20(24)10-15(12-28-21)23(25,26)27)22(32)30-16-6-5-9-18(11-16)33-17-7-3-2-4-8-17/h2-13H,1H3,(H,30,32). The van der Waals surface area contributed by atoms with Crippen LogP contribution < -0.4 is 10.1 Å². The molecule has 2 aromatic heterocycles. The van der Waals surface area contributed by atoms with Gasteiger partial charge in [-0.05, 0) is 37.3 Å². The maximum atomic E-state index is 12.9. The number of hydrogen-bond donors (Lipinski definition) is 1. The summed E-state index contributed by atoms with van der Waals surface area (Å²) in [6.45, 7) is 1.59. The summed E-state index contributed by atoms with van der Waals surface area (Å²) in [5, 5.41) is 6.60. The highest BCUT2D eigenvalue weighted by molar-refractivity contribution is 6.32. The number of carbonyl (C=O) groups is 1. The third-order valence-corrected chi connectivity index (χ3v) is 4.95. The average Bonchev–Trinajstić information content (AvgIpc) is 3.15. The van der Waals surface area contributed by atoms with Crippen LogP contribution in [0.15, 0.2) is 73.1 Å². The van der Waals surface area contributed by atoms with Crippen molar-refractivity contribution in [2.24, 2.45) is 0 Å². The maximum Gasteiger partial charge on any atom is 0.417 e. The average molecular weight is 473 g/mol. The van der Waals surface area contributed by atoms with Gasteiger partial charge in [0.25, 0.3) is 5.91 Å². The topological polar surface area (TPSA) is 69.0 Å². The molecule has 4 aromatic rings. The Kier molecular flexibility index (Phi) is 6.06. The van der Waals surface area contributed by atoms with Gasteiger partial charge in [-0.3, -0.25) is 4.79 Å². The van der Waals surface area contributed by atoms with Crippen molar-refractivity contribution in [3.8, 4) is 17.3 Å². The zero-order chi connectivity index (χ0) is 23.6. The van der Waals surface area contributed by atoms with Crippen molar-refractivity contribution in [3.63, 3.8) is 0 Å². The Labute approximate surface area is 191 Å². The van der Waals surface area contributed by atoms with Gasteiger partial charge in [-0.25, -0.2) is 9.67 Å². The first-order chi connectivity index (χ1) is 15.7. The SMILES string of the molecule is Cc1c(C(=O)Nc2cccc(Oc3ccccc3)c2)cnn1-c1ncc(C(F)(F)F)cc1Cl. The molecule has 0 fully saturated rings. The van der Waals surface area contributed by atoms with Gasteiger partial charge in [-0.1, -0.05) is 35.9 Å². The molecule has 1 N–H and O–H groups in total. The summed E-state index contributed by atoms with van der Waals surface area (Å²) < 4.78 is 45.6. The lowest BCUT2D eigenvalue weighted by atomic mass is 10.2. The molecule has 6 nitrogen and oxygen atoms in total. The molecule has 168 valence electrons. The second-order valence-corrected chi connectivity index (χ2v) is 7.39. The van der Waals surface area contributed by atoms with E-state index >= 15 is 0 Å². The summed E-state index contributed by atoms with van der Waals surface area (Å²) in [6.07, 6.45) is -2.61. The van der Waals surface area contributed by atoms with Gasteiger partial charge >= 0.3 is 6.18 Å². The van der Waals surface area contributed by atoms with Crippen LogP contribution in [0, 0.1) is 6.92 Å². The van der Waals surface area contributed by atoms with Crippen LogP contribution in [0.4, 0.5) is 18.9 Å². The van der Waals surface area contributed by atoms with E-state index in [2.05, 4.69) is 15.4 Å². The number of rotatable bonds is 5. The summed E-state index contributed by atoms with van der Waals surface area (Å²) in [5.74, 6) is 0.712. The minimum atomic E-state index is -4.57. The van der Waals surface area contributed by atoms with Crippen LogP contribution in [0.25, 0.3) is 5.82 Å². The number of halogens is 4. The summed E-state index contributed by atoms with van der Waals surface area (Å²) in [4.78, 5) is 16.6. The minimum Gasteiger partial charge on any atom is -0.457 e. The van der Waals surface area contributed by atoms with Gasteiger partial charge in [0.15, 0.2) is 5.82 Å². The summed E-state index contributed by atoms with van der Waals surface area (Å²) in [6, 6.07) is 16.8. The van der Waals surface area contributed by atoms with E-state index in [0.29, 0.717) is 29.1 Å². The third-order valence-electron chi connectivity index (χ3n) is 4.67.